The number of halogens is 2. The van der Waals surface area contributed by atoms with Crippen LogP contribution in [0.4, 0.5) is 0 Å². The number of nitrogens with zero attached hydrogens (tertiary/aromatic N) is 2. The van der Waals surface area contributed by atoms with Gasteiger partial charge in [-0.15, -0.1) is 0 Å². The number of hydrogen-bond donors (Lipinski definition) is 0. The van der Waals surface area contributed by atoms with Crippen LogP contribution >= 0.6 is 0 Å². The number of aromatic nitrogens is 2. The fraction of sp³-hybridized carbons (Fsp3) is 0.375. The summed E-state index contributed by atoms with van der Waals surface area (Å²) in [4.78, 5) is 0. The van der Waals surface area contributed by atoms with Crippen molar-refractivity contribution >= 4 is 0 Å². The maximum atomic E-state index is 2.32. The Morgan fingerprint density at radius 1 is 0.700 bits per heavy atom. The lowest BCUT2D eigenvalue weighted by molar-refractivity contribution is -0.713. The molecule has 0 atom stereocenters. The molecule has 0 N–H and O–H groups in total. The Balaban J connectivity index is 0.00000180. The SMILES string of the molecule is Cc1cccc[n+]1CCCC[n+]1ccccc1C.[Br-].[Br-]. The molecule has 0 unspecified atom stereocenters. The summed E-state index contributed by atoms with van der Waals surface area (Å²) in [6.45, 7) is 6.55. The molecule has 0 aliphatic rings. The third-order valence-electron chi connectivity index (χ3n) is 3.38. The van der Waals surface area contributed by atoms with Gasteiger partial charge in [-0.1, -0.05) is 12.1 Å². The summed E-state index contributed by atoms with van der Waals surface area (Å²) in [5.74, 6) is 0. The van der Waals surface area contributed by atoms with Crippen LogP contribution in [0.25, 0.3) is 0 Å². The number of unbranched alkanes of at least 4 members (excludes halogenated alkanes) is 1. The normalized spacial score (nSPS) is 9.50. The van der Waals surface area contributed by atoms with E-state index < -0.39 is 0 Å². The fourth-order valence-corrected chi connectivity index (χ4v) is 2.19. The van der Waals surface area contributed by atoms with Crippen LogP contribution in [0.2, 0.25) is 0 Å². The maximum Gasteiger partial charge on any atom is 0.178 e. The molecule has 2 aromatic heterocycles. The molecule has 2 aromatic rings. The van der Waals surface area contributed by atoms with Crippen LogP contribution in [0, 0.1) is 13.8 Å². The van der Waals surface area contributed by atoms with Crippen LogP contribution in [-0.4, -0.2) is 0 Å². The van der Waals surface area contributed by atoms with Gasteiger partial charge in [-0.25, -0.2) is 9.13 Å². The molecule has 0 spiro atoms. The first-order chi connectivity index (χ1) is 8.77. The first-order valence-corrected chi connectivity index (χ1v) is 6.67. The Bertz CT molecular complexity index is 468. The highest BCUT2D eigenvalue weighted by atomic mass is 79.9. The molecule has 0 fully saturated rings. The van der Waals surface area contributed by atoms with Crippen molar-refractivity contribution in [2.45, 2.75) is 39.8 Å². The van der Waals surface area contributed by atoms with Gasteiger partial charge < -0.3 is 34.0 Å². The average molecular weight is 402 g/mol. The van der Waals surface area contributed by atoms with Gasteiger partial charge in [0.05, 0.1) is 0 Å². The van der Waals surface area contributed by atoms with Crippen LogP contribution in [0.15, 0.2) is 48.8 Å². The fourth-order valence-electron chi connectivity index (χ4n) is 2.19. The molecule has 0 bridgehead atoms. The van der Waals surface area contributed by atoms with Crippen molar-refractivity contribution in [2.24, 2.45) is 0 Å². The monoisotopic (exact) mass is 400 g/mol. The molecule has 0 saturated carbocycles. The maximum absolute atomic E-state index is 2.32. The van der Waals surface area contributed by atoms with Gasteiger partial charge in [0.1, 0.15) is 13.1 Å². The molecule has 2 heterocycles. The van der Waals surface area contributed by atoms with E-state index in [1.54, 1.807) is 0 Å². The Labute approximate surface area is 143 Å². The highest BCUT2D eigenvalue weighted by Crippen LogP contribution is 1.95. The number of aryl methyl sites for hydroxylation is 4. The number of hydrogen-bond acceptors (Lipinski definition) is 0. The Kier molecular flexibility index (Phi) is 9.68. The quantitative estimate of drug-likeness (QED) is 0.361. The molecule has 0 aliphatic heterocycles. The molecule has 0 amide bonds. The van der Waals surface area contributed by atoms with E-state index in [9.17, 15) is 0 Å². The number of pyridine rings is 2. The molecule has 0 radical (unpaired) electrons. The van der Waals surface area contributed by atoms with Crippen molar-refractivity contribution in [2.75, 3.05) is 0 Å². The summed E-state index contributed by atoms with van der Waals surface area (Å²) in [6, 6.07) is 12.7. The van der Waals surface area contributed by atoms with E-state index in [-0.39, 0.29) is 34.0 Å². The van der Waals surface area contributed by atoms with E-state index in [2.05, 4.69) is 71.8 Å². The summed E-state index contributed by atoms with van der Waals surface area (Å²) >= 11 is 0. The third kappa shape index (κ3) is 5.71. The molecular formula is C16H22Br2N2. The van der Waals surface area contributed by atoms with Gasteiger partial charge in [0.25, 0.3) is 0 Å². The van der Waals surface area contributed by atoms with Crippen molar-refractivity contribution < 1.29 is 43.1 Å². The van der Waals surface area contributed by atoms with Gasteiger partial charge in [-0.05, 0) is 0 Å². The molecule has 0 aromatic carbocycles. The van der Waals surface area contributed by atoms with Gasteiger partial charge in [0.15, 0.2) is 23.8 Å². The zero-order chi connectivity index (χ0) is 12.8. The molecule has 0 aliphatic carbocycles. The summed E-state index contributed by atoms with van der Waals surface area (Å²) in [5, 5.41) is 0. The molecule has 20 heavy (non-hydrogen) atoms. The summed E-state index contributed by atoms with van der Waals surface area (Å²) in [7, 11) is 0. The largest absolute Gasteiger partial charge is 1.00 e. The standard InChI is InChI=1S/C16H22N2.2BrH/c1-15-9-3-5-11-17(15)13-7-8-14-18-12-6-4-10-16(18)2;;/h3-6,9-12H,7-8,13-14H2,1-2H3;2*1H/q+2;;/p-2. The smallest absolute Gasteiger partial charge is 0.178 e. The Morgan fingerprint density at radius 3 is 1.45 bits per heavy atom. The topological polar surface area (TPSA) is 7.76 Å². The lowest BCUT2D eigenvalue weighted by Crippen LogP contribution is -3.00. The zero-order valence-corrected chi connectivity index (χ0v) is 15.3. The molecular weight excluding hydrogens is 380 g/mol. The van der Waals surface area contributed by atoms with Crippen molar-refractivity contribution in [1.82, 2.24) is 0 Å². The van der Waals surface area contributed by atoms with Crippen molar-refractivity contribution in [3.05, 3.63) is 60.2 Å². The molecule has 110 valence electrons. The predicted octanol–water partition coefficient (Wildman–Crippen LogP) is -3.63. The van der Waals surface area contributed by atoms with Gasteiger partial charge in [-0.2, -0.15) is 0 Å². The van der Waals surface area contributed by atoms with E-state index in [1.165, 1.54) is 24.2 Å². The van der Waals surface area contributed by atoms with E-state index in [0.717, 1.165) is 13.1 Å². The van der Waals surface area contributed by atoms with Gasteiger partial charge >= 0.3 is 0 Å². The second kappa shape index (κ2) is 10.1. The second-order valence-corrected chi connectivity index (χ2v) is 4.78. The lowest BCUT2D eigenvalue weighted by Gasteiger charge is -2.01. The van der Waals surface area contributed by atoms with E-state index in [1.807, 2.05) is 0 Å². The van der Waals surface area contributed by atoms with Crippen molar-refractivity contribution in [3.63, 3.8) is 0 Å². The molecule has 0 saturated heterocycles. The van der Waals surface area contributed by atoms with Crippen LogP contribution in [0.3, 0.4) is 0 Å². The first kappa shape index (κ1) is 19.3. The Hall–Kier alpha value is -0.740. The minimum atomic E-state index is 0. The first-order valence-electron chi connectivity index (χ1n) is 6.67. The van der Waals surface area contributed by atoms with E-state index >= 15 is 0 Å². The minimum absolute atomic E-state index is 0. The van der Waals surface area contributed by atoms with Crippen LogP contribution in [0.1, 0.15) is 24.2 Å². The van der Waals surface area contributed by atoms with E-state index in [0.29, 0.717) is 0 Å². The highest BCUT2D eigenvalue weighted by Gasteiger charge is 2.07. The summed E-state index contributed by atoms with van der Waals surface area (Å²) < 4.78 is 4.64. The molecule has 2 nitrogen and oxygen atoms in total. The summed E-state index contributed by atoms with van der Waals surface area (Å²) in [6.07, 6.45) is 6.76. The highest BCUT2D eigenvalue weighted by molar-refractivity contribution is 4.94. The number of rotatable bonds is 5. The molecule has 2 rings (SSSR count). The van der Waals surface area contributed by atoms with Gasteiger partial charge in [0, 0.05) is 51.0 Å². The Morgan fingerprint density at radius 2 is 1.10 bits per heavy atom. The average Bonchev–Trinajstić information content (AvgIpc) is 2.38. The third-order valence-corrected chi connectivity index (χ3v) is 3.38. The van der Waals surface area contributed by atoms with Crippen LogP contribution < -0.4 is 43.1 Å². The van der Waals surface area contributed by atoms with E-state index in [4.69, 9.17) is 0 Å². The minimum Gasteiger partial charge on any atom is -1.00 e. The van der Waals surface area contributed by atoms with Gasteiger partial charge in [0.2, 0.25) is 0 Å². The van der Waals surface area contributed by atoms with Crippen molar-refractivity contribution in [1.29, 1.82) is 0 Å². The van der Waals surface area contributed by atoms with Crippen LogP contribution in [-0.2, 0) is 13.1 Å². The second-order valence-electron chi connectivity index (χ2n) is 4.78. The van der Waals surface area contributed by atoms with Gasteiger partial charge in [-0.3, -0.25) is 0 Å². The predicted molar refractivity (Wildman–Crippen MR) is 72.0 cm³/mol. The zero-order valence-electron chi connectivity index (χ0n) is 12.1. The summed E-state index contributed by atoms with van der Waals surface area (Å²) in [5.41, 5.74) is 2.67. The molecule has 4 heteroatoms. The van der Waals surface area contributed by atoms with Crippen molar-refractivity contribution in [3.8, 4) is 0 Å². The van der Waals surface area contributed by atoms with Crippen LogP contribution in [0.5, 0.6) is 0 Å². The lowest BCUT2D eigenvalue weighted by atomic mass is 10.2.